The molecule has 0 saturated carbocycles. The third-order valence-corrected chi connectivity index (χ3v) is 2.26. The van der Waals surface area contributed by atoms with Crippen molar-refractivity contribution in [3.8, 4) is 5.75 Å². The molecular weight excluding hydrogens is 200 g/mol. The first kappa shape index (κ1) is 11.1. The Hall–Kier alpha value is -1.02. The molecule has 0 heterocycles. The summed E-state index contributed by atoms with van der Waals surface area (Å²) < 4.78 is 5.12. The maximum atomic E-state index is 11.7. The molecule has 14 heavy (non-hydrogen) atoms. The van der Waals surface area contributed by atoms with Gasteiger partial charge in [0.2, 0.25) is 0 Å². The summed E-state index contributed by atoms with van der Waals surface area (Å²) in [6, 6.07) is 5.48. The first-order chi connectivity index (χ1) is 6.57. The number of alkyl halides is 1. The molecule has 0 amide bonds. The van der Waals surface area contributed by atoms with E-state index in [-0.39, 0.29) is 5.78 Å². The Kier molecular flexibility index (Phi) is 3.53. The maximum absolute atomic E-state index is 11.7. The number of ether oxygens (including phenoxy) is 1. The molecule has 0 aliphatic heterocycles. The largest absolute Gasteiger partial charge is 0.496 e. The number of carbonyl (C=O) groups excluding carboxylic acids is 1. The van der Waals surface area contributed by atoms with Gasteiger partial charge in [0.1, 0.15) is 5.75 Å². The van der Waals surface area contributed by atoms with Gasteiger partial charge in [-0.25, -0.2) is 0 Å². The molecule has 1 aromatic carbocycles. The van der Waals surface area contributed by atoms with Crippen molar-refractivity contribution in [2.75, 3.05) is 7.11 Å². The van der Waals surface area contributed by atoms with E-state index in [1.165, 1.54) is 0 Å². The van der Waals surface area contributed by atoms with Crippen LogP contribution < -0.4 is 4.74 Å². The van der Waals surface area contributed by atoms with Crippen LogP contribution in [0.5, 0.6) is 5.75 Å². The predicted molar refractivity (Wildman–Crippen MR) is 57.4 cm³/mol. The normalized spacial score (nSPS) is 12.3. The lowest BCUT2D eigenvalue weighted by Gasteiger charge is -2.11. The first-order valence-electron chi connectivity index (χ1n) is 4.39. The Bertz CT molecular complexity index is 345. The minimum atomic E-state index is -0.523. The van der Waals surface area contributed by atoms with Gasteiger partial charge in [-0.2, -0.15) is 0 Å². The molecule has 0 N–H and O–H groups in total. The standard InChI is InChI=1S/C11H13ClO2/c1-7-5-4-6-9(14-3)10(7)11(13)8(2)12/h4-6,8H,1-3H3. The monoisotopic (exact) mass is 212 g/mol. The molecule has 76 valence electrons. The number of ketones is 1. The molecule has 1 aromatic rings. The molecule has 0 aliphatic carbocycles. The van der Waals surface area contributed by atoms with Crippen LogP contribution in [0.25, 0.3) is 0 Å². The number of rotatable bonds is 3. The fourth-order valence-corrected chi connectivity index (χ4v) is 1.43. The average molecular weight is 213 g/mol. The molecule has 0 saturated heterocycles. The van der Waals surface area contributed by atoms with E-state index in [4.69, 9.17) is 16.3 Å². The van der Waals surface area contributed by atoms with Crippen LogP contribution in [0.3, 0.4) is 0 Å². The zero-order valence-electron chi connectivity index (χ0n) is 8.50. The Labute approximate surface area is 88.8 Å². The van der Waals surface area contributed by atoms with Gasteiger partial charge in [-0.15, -0.1) is 11.6 Å². The lowest BCUT2D eigenvalue weighted by Crippen LogP contribution is -2.13. The van der Waals surface area contributed by atoms with Gasteiger partial charge in [0, 0.05) is 0 Å². The second-order valence-electron chi connectivity index (χ2n) is 3.13. The summed E-state index contributed by atoms with van der Waals surface area (Å²) in [4.78, 5) is 11.7. The summed E-state index contributed by atoms with van der Waals surface area (Å²) >= 11 is 5.76. The molecule has 0 spiro atoms. The molecule has 0 aliphatic rings. The van der Waals surface area contributed by atoms with Crippen LogP contribution in [-0.2, 0) is 0 Å². The summed E-state index contributed by atoms with van der Waals surface area (Å²) in [6.07, 6.45) is 0. The molecule has 1 atom stereocenters. The van der Waals surface area contributed by atoms with Crippen molar-refractivity contribution in [1.29, 1.82) is 0 Å². The van der Waals surface area contributed by atoms with Crippen molar-refractivity contribution in [2.45, 2.75) is 19.2 Å². The van der Waals surface area contributed by atoms with E-state index in [0.29, 0.717) is 11.3 Å². The van der Waals surface area contributed by atoms with Crippen molar-refractivity contribution >= 4 is 17.4 Å². The first-order valence-corrected chi connectivity index (χ1v) is 4.83. The van der Waals surface area contributed by atoms with Crippen molar-refractivity contribution < 1.29 is 9.53 Å². The number of carbonyl (C=O) groups is 1. The Morgan fingerprint density at radius 2 is 2.14 bits per heavy atom. The Balaban J connectivity index is 3.23. The highest BCUT2D eigenvalue weighted by molar-refractivity contribution is 6.34. The van der Waals surface area contributed by atoms with E-state index < -0.39 is 5.38 Å². The number of methoxy groups -OCH3 is 1. The fraction of sp³-hybridized carbons (Fsp3) is 0.364. The molecule has 0 fully saturated rings. The van der Waals surface area contributed by atoms with Crippen LogP contribution in [0.2, 0.25) is 0 Å². The average Bonchev–Trinajstić information content (AvgIpc) is 2.16. The quantitative estimate of drug-likeness (QED) is 0.569. The van der Waals surface area contributed by atoms with E-state index in [9.17, 15) is 4.79 Å². The van der Waals surface area contributed by atoms with Crippen molar-refractivity contribution in [3.05, 3.63) is 29.3 Å². The predicted octanol–water partition coefficient (Wildman–Crippen LogP) is 2.81. The molecular formula is C11H13ClO2. The molecule has 0 aromatic heterocycles. The second-order valence-corrected chi connectivity index (χ2v) is 3.79. The second kappa shape index (κ2) is 4.47. The highest BCUT2D eigenvalue weighted by Crippen LogP contribution is 2.24. The van der Waals surface area contributed by atoms with Crippen LogP contribution in [0.15, 0.2) is 18.2 Å². The minimum Gasteiger partial charge on any atom is -0.496 e. The fourth-order valence-electron chi connectivity index (χ4n) is 1.33. The van der Waals surface area contributed by atoms with Crippen LogP contribution in [-0.4, -0.2) is 18.3 Å². The summed E-state index contributed by atoms with van der Waals surface area (Å²) in [5, 5.41) is -0.523. The van der Waals surface area contributed by atoms with Crippen LogP contribution in [0.4, 0.5) is 0 Å². The number of aryl methyl sites for hydroxylation is 1. The zero-order valence-corrected chi connectivity index (χ0v) is 9.26. The number of hydrogen-bond donors (Lipinski definition) is 0. The van der Waals surface area contributed by atoms with E-state index in [2.05, 4.69) is 0 Å². The summed E-state index contributed by atoms with van der Waals surface area (Å²) in [5.41, 5.74) is 1.47. The van der Waals surface area contributed by atoms with Crippen LogP contribution >= 0.6 is 11.6 Å². The van der Waals surface area contributed by atoms with Gasteiger partial charge >= 0.3 is 0 Å². The van der Waals surface area contributed by atoms with Gasteiger partial charge in [-0.3, -0.25) is 4.79 Å². The van der Waals surface area contributed by atoms with Gasteiger partial charge in [0.05, 0.1) is 18.1 Å². The highest BCUT2D eigenvalue weighted by atomic mass is 35.5. The van der Waals surface area contributed by atoms with E-state index in [1.807, 2.05) is 19.1 Å². The summed E-state index contributed by atoms with van der Waals surface area (Å²) in [6.45, 7) is 3.53. The molecule has 1 unspecified atom stereocenters. The molecule has 1 rings (SSSR count). The van der Waals surface area contributed by atoms with Crippen molar-refractivity contribution in [2.24, 2.45) is 0 Å². The van der Waals surface area contributed by atoms with Gasteiger partial charge in [-0.1, -0.05) is 12.1 Å². The lowest BCUT2D eigenvalue weighted by molar-refractivity contribution is 0.0988. The van der Waals surface area contributed by atoms with Gasteiger partial charge < -0.3 is 4.74 Å². The van der Waals surface area contributed by atoms with Crippen molar-refractivity contribution in [1.82, 2.24) is 0 Å². The van der Waals surface area contributed by atoms with E-state index >= 15 is 0 Å². The van der Waals surface area contributed by atoms with Crippen molar-refractivity contribution in [3.63, 3.8) is 0 Å². The summed E-state index contributed by atoms with van der Waals surface area (Å²) in [7, 11) is 1.55. The van der Waals surface area contributed by atoms with Gasteiger partial charge in [0.25, 0.3) is 0 Å². The minimum absolute atomic E-state index is 0.0957. The van der Waals surface area contributed by atoms with E-state index in [0.717, 1.165) is 5.56 Å². The Morgan fingerprint density at radius 1 is 1.50 bits per heavy atom. The van der Waals surface area contributed by atoms with Crippen LogP contribution in [0, 0.1) is 6.92 Å². The van der Waals surface area contributed by atoms with Gasteiger partial charge in [0.15, 0.2) is 5.78 Å². The summed E-state index contributed by atoms with van der Waals surface area (Å²) in [5.74, 6) is 0.490. The van der Waals surface area contributed by atoms with Crippen LogP contribution in [0.1, 0.15) is 22.8 Å². The van der Waals surface area contributed by atoms with Gasteiger partial charge in [-0.05, 0) is 25.5 Å². The number of halogens is 1. The Morgan fingerprint density at radius 3 is 2.64 bits per heavy atom. The lowest BCUT2D eigenvalue weighted by atomic mass is 10.0. The SMILES string of the molecule is COc1cccc(C)c1C(=O)C(C)Cl. The number of hydrogen-bond acceptors (Lipinski definition) is 2. The number of benzene rings is 1. The molecule has 3 heteroatoms. The molecule has 0 bridgehead atoms. The molecule has 0 radical (unpaired) electrons. The highest BCUT2D eigenvalue weighted by Gasteiger charge is 2.18. The third-order valence-electron chi connectivity index (χ3n) is 2.06. The number of Topliss-reactive ketones (excluding diaryl/α,β-unsaturated/α-hetero) is 1. The topological polar surface area (TPSA) is 26.3 Å². The zero-order chi connectivity index (χ0) is 10.7. The smallest absolute Gasteiger partial charge is 0.184 e. The molecule has 2 nitrogen and oxygen atoms in total. The third kappa shape index (κ3) is 2.07. The van der Waals surface area contributed by atoms with E-state index in [1.54, 1.807) is 20.1 Å². The maximum Gasteiger partial charge on any atom is 0.184 e.